The van der Waals surface area contributed by atoms with Crippen LogP contribution in [-0.2, 0) is 21.5 Å². The molecule has 5 rings (SSSR count). The van der Waals surface area contributed by atoms with E-state index >= 15 is 0 Å². The Morgan fingerprint density at radius 3 is 2.64 bits per heavy atom. The van der Waals surface area contributed by atoms with Crippen LogP contribution in [0.15, 0.2) is 18.2 Å². The van der Waals surface area contributed by atoms with Crippen LogP contribution in [0.3, 0.4) is 0 Å². The Labute approximate surface area is 215 Å². The van der Waals surface area contributed by atoms with Gasteiger partial charge in [-0.25, -0.2) is 18.6 Å². The molecule has 0 radical (unpaired) electrons. The van der Waals surface area contributed by atoms with Crippen LogP contribution in [0.2, 0.25) is 5.02 Å². The van der Waals surface area contributed by atoms with Gasteiger partial charge in [-0.15, -0.1) is 23.5 Å². The molecule has 1 aromatic carbocycles. The highest BCUT2D eigenvalue weighted by Gasteiger charge is 2.50. The molecule has 1 unspecified atom stereocenters. The number of aromatic nitrogens is 1. The van der Waals surface area contributed by atoms with Crippen LogP contribution in [0.5, 0.6) is 0 Å². The van der Waals surface area contributed by atoms with Gasteiger partial charge in [-0.05, 0) is 36.6 Å². The minimum absolute atomic E-state index is 0.107. The number of benzene rings is 1. The second-order valence-electron chi connectivity index (χ2n) is 8.47. The van der Waals surface area contributed by atoms with Crippen molar-refractivity contribution >= 4 is 58.6 Å². The summed E-state index contributed by atoms with van der Waals surface area (Å²) in [5, 5.41) is 1.65. The molecule has 0 saturated carbocycles. The van der Waals surface area contributed by atoms with Crippen molar-refractivity contribution in [3.8, 4) is 0 Å². The number of anilines is 2. The van der Waals surface area contributed by atoms with Crippen molar-refractivity contribution in [2.45, 2.75) is 29.1 Å². The maximum absolute atomic E-state index is 14.6. The quantitative estimate of drug-likeness (QED) is 0.411. The average molecular weight is 565 g/mol. The molecular weight excluding hydrogens is 547 g/mol. The summed E-state index contributed by atoms with van der Waals surface area (Å²) in [6.45, 7) is -0.243. The first-order valence-corrected chi connectivity index (χ1v) is 13.2. The predicted octanol–water partition coefficient (Wildman–Crippen LogP) is 5.17. The Bertz CT molecular complexity index is 1270. The fourth-order valence-electron chi connectivity index (χ4n) is 4.73. The van der Waals surface area contributed by atoms with E-state index in [1.807, 2.05) is 0 Å². The Morgan fingerprint density at radius 1 is 1.28 bits per heavy atom. The van der Waals surface area contributed by atoms with Crippen molar-refractivity contribution in [2.75, 3.05) is 34.9 Å². The summed E-state index contributed by atoms with van der Waals surface area (Å²) in [7, 11) is 1.20. The fraction of sp³-hybridized carbons (Fsp3) is 0.409. The van der Waals surface area contributed by atoms with Gasteiger partial charge in [-0.1, -0.05) is 11.6 Å². The van der Waals surface area contributed by atoms with E-state index in [9.17, 15) is 31.5 Å². The molecule has 2 aromatic rings. The molecule has 1 atom stereocenters. The van der Waals surface area contributed by atoms with Crippen molar-refractivity contribution < 1.29 is 31.5 Å². The lowest BCUT2D eigenvalue weighted by Gasteiger charge is -2.29. The number of nitrogens with one attached hydrogen (secondary N) is 1. The fourth-order valence-corrected chi connectivity index (χ4v) is 8.15. The molecule has 1 aliphatic carbocycles. The third kappa shape index (κ3) is 3.99. The van der Waals surface area contributed by atoms with Gasteiger partial charge in [-0.3, -0.25) is 9.69 Å². The number of rotatable bonds is 3. The van der Waals surface area contributed by atoms with Gasteiger partial charge in [0.1, 0.15) is 26.8 Å². The Kier molecular flexibility index (Phi) is 6.31. The number of hydrogen-bond acceptors (Lipinski definition) is 5. The number of thioether (sulfide) groups is 2. The normalized spacial score (nSPS) is 20.7. The number of halogens is 6. The first-order valence-electron chi connectivity index (χ1n) is 10.8. The van der Waals surface area contributed by atoms with E-state index < -0.39 is 50.5 Å². The van der Waals surface area contributed by atoms with E-state index in [-0.39, 0.29) is 35.7 Å². The second kappa shape index (κ2) is 8.95. The molecule has 1 aromatic heterocycles. The zero-order valence-corrected chi connectivity index (χ0v) is 21.0. The lowest BCUT2D eigenvalue weighted by Crippen LogP contribution is -2.47. The van der Waals surface area contributed by atoms with E-state index in [4.69, 9.17) is 11.6 Å². The number of pyridine rings is 1. The van der Waals surface area contributed by atoms with Gasteiger partial charge in [0.15, 0.2) is 5.82 Å². The van der Waals surface area contributed by atoms with Crippen molar-refractivity contribution in [1.29, 1.82) is 0 Å². The number of alkyl halides is 3. The third-order valence-electron chi connectivity index (χ3n) is 6.45. The monoisotopic (exact) mass is 564 g/mol. The SMILES string of the molecule is CN(C(=O)C1CNC(=O)N1c1cc(C(F)(F)F)c2c(n1)C1(CC2)SCCS1)c1ccc(F)c(Cl)c1F. The first kappa shape index (κ1) is 25.4. The van der Waals surface area contributed by atoms with Crippen molar-refractivity contribution in [3.63, 3.8) is 0 Å². The van der Waals surface area contributed by atoms with Crippen molar-refractivity contribution in [2.24, 2.45) is 0 Å². The summed E-state index contributed by atoms with van der Waals surface area (Å²) < 4.78 is 69.8. The molecule has 192 valence electrons. The Hall–Kier alpha value is -2.25. The lowest BCUT2D eigenvalue weighted by molar-refractivity contribution is -0.138. The summed E-state index contributed by atoms with van der Waals surface area (Å²) in [6.07, 6.45) is -4.00. The number of carbonyl (C=O) groups excluding carboxylic acids is 2. The average Bonchev–Trinajstić information content (AvgIpc) is 3.55. The first-order chi connectivity index (χ1) is 16.9. The maximum atomic E-state index is 14.6. The molecule has 1 spiro atoms. The van der Waals surface area contributed by atoms with Crippen LogP contribution in [0.25, 0.3) is 0 Å². The summed E-state index contributed by atoms with van der Waals surface area (Å²) in [4.78, 5) is 32.3. The van der Waals surface area contributed by atoms with Crippen LogP contribution in [0.1, 0.15) is 23.2 Å². The van der Waals surface area contributed by atoms with Gasteiger partial charge in [0.25, 0.3) is 5.91 Å². The number of amides is 3. The zero-order valence-electron chi connectivity index (χ0n) is 18.6. The van der Waals surface area contributed by atoms with Crippen molar-refractivity contribution in [1.82, 2.24) is 10.3 Å². The van der Waals surface area contributed by atoms with Gasteiger partial charge in [0, 0.05) is 25.1 Å². The Balaban J connectivity index is 1.57. The summed E-state index contributed by atoms with van der Waals surface area (Å²) >= 11 is 8.69. The van der Waals surface area contributed by atoms with Crippen LogP contribution in [-0.4, -0.2) is 48.1 Å². The number of urea groups is 1. The smallest absolute Gasteiger partial charge is 0.335 e. The van der Waals surface area contributed by atoms with E-state index in [0.29, 0.717) is 6.42 Å². The summed E-state index contributed by atoms with van der Waals surface area (Å²) in [5.41, 5.74) is -0.851. The molecule has 3 amide bonds. The minimum atomic E-state index is -4.69. The topological polar surface area (TPSA) is 65.5 Å². The standard InChI is InChI=1S/C22H18ClF5N4O2S2/c1-31(13-3-2-12(24)16(23)17(13)25)19(33)14-9-29-20(34)32(14)15-8-11(22(26,27)28)10-4-5-21(18(10)30-15)35-6-7-36-21/h2-3,8,14H,4-7,9H2,1H3,(H,29,34). The Morgan fingerprint density at radius 2 is 1.97 bits per heavy atom. The number of fused-ring (bicyclic) bond motifs is 2. The highest BCUT2D eigenvalue weighted by Crippen LogP contribution is 2.60. The van der Waals surface area contributed by atoms with Gasteiger partial charge in [-0.2, -0.15) is 13.2 Å². The minimum Gasteiger partial charge on any atom is -0.335 e. The second-order valence-corrected chi connectivity index (χ2v) is 11.9. The largest absolute Gasteiger partial charge is 0.416 e. The third-order valence-corrected chi connectivity index (χ3v) is 10.3. The molecule has 2 fully saturated rings. The van der Waals surface area contributed by atoms with Crippen LogP contribution in [0, 0.1) is 11.6 Å². The molecule has 14 heteroatoms. The predicted molar refractivity (Wildman–Crippen MR) is 129 cm³/mol. The maximum Gasteiger partial charge on any atom is 0.416 e. The van der Waals surface area contributed by atoms with E-state index in [0.717, 1.165) is 39.5 Å². The number of nitrogens with zero attached hydrogens (tertiary/aromatic N) is 3. The molecule has 6 nitrogen and oxygen atoms in total. The van der Waals surface area contributed by atoms with Crippen LogP contribution >= 0.6 is 35.1 Å². The van der Waals surface area contributed by atoms with E-state index in [1.165, 1.54) is 30.6 Å². The lowest BCUT2D eigenvalue weighted by atomic mass is 10.1. The number of likely N-dealkylation sites (N-methyl/N-ethyl adjacent to an activating group) is 1. The summed E-state index contributed by atoms with van der Waals surface area (Å²) in [5.74, 6) is -1.79. The molecular formula is C22H18ClF5N4O2S2. The van der Waals surface area contributed by atoms with E-state index in [2.05, 4.69) is 10.3 Å². The molecule has 3 heterocycles. The highest BCUT2D eigenvalue weighted by molar-refractivity contribution is 8.20. The van der Waals surface area contributed by atoms with Gasteiger partial charge in [0.2, 0.25) is 0 Å². The zero-order chi connectivity index (χ0) is 26.0. The van der Waals surface area contributed by atoms with Crippen molar-refractivity contribution in [3.05, 3.63) is 51.7 Å². The van der Waals surface area contributed by atoms with Gasteiger partial charge < -0.3 is 10.2 Å². The summed E-state index contributed by atoms with van der Waals surface area (Å²) in [6, 6.07) is 0.561. The molecule has 2 aliphatic heterocycles. The molecule has 0 bridgehead atoms. The van der Waals surface area contributed by atoms with Crippen LogP contribution in [0.4, 0.5) is 38.3 Å². The molecule has 2 saturated heterocycles. The van der Waals surface area contributed by atoms with Crippen LogP contribution < -0.4 is 15.1 Å². The van der Waals surface area contributed by atoms with E-state index in [1.54, 1.807) is 0 Å². The molecule has 36 heavy (non-hydrogen) atoms. The number of carbonyl (C=O) groups is 2. The number of hydrogen-bond donors (Lipinski definition) is 1. The van der Waals surface area contributed by atoms with Gasteiger partial charge >= 0.3 is 12.2 Å². The van der Waals surface area contributed by atoms with Gasteiger partial charge in [0.05, 0.1) is 16.9 Å². The highest BCUT2D eigenvalue weighted by atomic mass is 35.5. The molecule has 3 aliphatic rings. The molecule has 1 N–H and O–H groups in total.